The lowest BCUT2D eigenvalue weighted by Gasteiger charge is -2.08. The highest BCUT2D eigenvalue weighted by Gasteiger charge is 2.12. The van der Waals surface area contributed by atoms with Gasteiger partial charge in [-0.3, -0.25) is 14.2 Å². The first-order valence-electron chi connectivity index (χ1n) is 8.36. The maximum absolute atomic E-state index is 14.3. The number of hydrogen-bond donors (Lipinski definition) is 1. The molecule has 0 fully saturated rings. The second-order valence-corrected chi connectivity index (χ2v) is 6.05. The van der Waals surface area contributed by atoms with E-state index in [1.54, 1.807) is 43.0 Å². The molecule has 2 aromatic carbocycles. The van der Waals surface area contributed by atoms with E-state index in [4.69, 9.17) is 4.74 Å². The van der Waals surface area contributed by atoms with Crippen molar-refractivity contribution in [1.82, 2.24) is 19.3 Å². The molecule has 0 aliphatic carbocycles. The average molecular weight is 364 g/mol. The number of nitrogens with zero attached hydrogens (tertiary/aromatic N) is 3. The molecular formula is C20H17FN4O2. The molecule has 2 aromatic heterocycles. The van der Waals surface area contributed by atoms with E-state index in [1.807, 2.05) is 24.3 Å². The zero-order valence-electron chi connectivity index (χ0n) is 14.6. The number of aromatic nitrogens is 4. The predicted octanol–water partition coefficient (Wildman–Crippen LogP) is 3.23. The minimum atomic E-state index is -0.455. The summed E-state index contributed by atoms with van der Waals surface area (Å²) < 4.78 is 22.3. The number of ether oxygens (including phenoxy) is 1. The van der Waals surface area contributed by atoms with E-state index in [-0.39, 0.29) is 18.0 Å². The standard InChI is InChI=1S/C20H17FN4O2/c1-27-18-4-2-3-15(19(18)21)13-24-9-10-25(20(24)26)17-7-5-14(6-8-17)16-11-22-23-12-16/h2-12H,13H2,1H3,(H,22,23). The predicted molar refractivity (Wildman–Crippen MR) is 99.7 cm³/mol. The molecule has 0 aliphatic rings. The zero-order chi connectivity index (χ0) is 18.8. The molecule has 0 amide bonds. The van der Waals surface area contributed by atoms with Crippen LogP contribution in [0, 0.1) is 5.82 Å². The van der Waals surface area contributed by atoms with Crippen LogP contribution in [0.3, 0.4) is 0 Å². The van der Waals surface area contributed by atoms with E-state index < -0.39 is 5.82 Å². The number of rotatable bonds is 5. The molecule has 6 nitrogen and oxygen atoms in total. The molecule has 27 heavy (non-hydrogen) atoms. The first-order valence-corrected chi connectivity index (χ1v) is 8.36. The van der Waals surface area contributed by atoms with Gasteiger partial charge in [0.15, 0.2) is 11.6 Å². The molecule has 0 radical (unpaired) electrons. The highest BCUT2D eigenvalue weighted by Crippen LogP contribution is 2.21. The number of nitrogens with one attached hydrogen (secondary N) is 1. The molecule has 1 N–H and O–H groups in total. The summed E-state index contributed by atoms with van der Waals surface area (Å²) in [6.07, 6.45) is 6.86. The molecule has 0 saturated heterocycles. The van der Waals surface area contributed by atoms with Gasteiger partial charge in [-0.15, -0.1) is 0 Å². The van der Waals surface area contributed by atoms with Gasteiger partial charge < -0.3 is 4.74 Å². The lowest BCUT2D eigenvalue weighted by molar-refractivity contribution is 0.383. The summed E-state index contributed by atoms with van der Waals surface area (Å²) in [5.41, 5.74) is 2.85. The first-order chi connectivity index (χ1) is 13.2. The van der Waals surface area contributed by atoms with Crippen LogP contribution in [-0.2, 0) is 6.54 Å². The number of H-pyrrole nitrogens is 1. The first kappa shape index (κ1) is 16.8. The van der Waals surface area contributed by atoms with E-state index >= 15 is 0 Å². The van der Waals surface area contributed by atoms with E-state index in [0.717, 1.165) is 16.8 Å². The van der Waals surface area contributed by atoms with Crippen LogP contribution in [-0.4, -0.2) is 26.4 Å². The number of halogens is 1. The molecule has 0 saturated carbocycles. The second-order valence-electron chi connectivity index (χ2n) is 6.05. The van der Waals surface area contributed by atoms with Gasteiger partial charge in [0.05, 0.1) is 25.5 Å². The molecular weight excluding hydrogens is 347 g/mol. The Morgan fingerprint density at radius 1 is 1.11 bits per heavy atom. The Kier molecular flexibility index (Phi) is 4.33. The summed E-state index contributed by atoms with van der Waals surface area (Å²) >= 11 is 0. The Balaban J connectivity index is 1.62. The van der Waals surface area contributed by atoms with Gasteiger partial charge >= 0.3 is 5.69 Å². The van der Waals surface area contributed by atoms with Gasteiger partial charge in [0.2, 0.25) is 0 Å². The van der Waals surface area contributed by atoms with Crippen LogP contribution in [0.2, 0.25) is 0 Å². The van der Waals surface area contributed by atoms with Crippen molar-refractivity contribution in [2.75, 3.05) is 7.11 Å². The Morgan fingerprint density at radius 2 is 1.93 bits per heavy atom. The average Bonchev–Trinajstić information content (AvgIpc) is 3.35. The molecule has 4 rings (SSSR count). The van der Waals surface area contributed by atoms with Crippen molar-refractivity contribution in [3.8, 4) is 22.6 Å². The van der Waals surface area contributed by atoms with Crippen LogP contribution >= 0.6 is 0 Å². The van der Waals surface area contributed by atoms with Crippen molar-refractivity contribution >= 4 is 0 Å². The fraction of sp³-hybridized carbons (Fsp3) is 0.100. The highest BCUT2D eigenvalue weighted by molar-refractivity contribution is 5.62. The van der Waals surface area contributed by atoms with E-state index in [9.17, 15) is 9.18 Å². The normalized spacial score (nSPS) is 10.9. The molecule has 0 unspecified atom stereocenters. The number of hydrogen-bond acceptors (Lipinski definition) is 3. The zero-order valence-corrected chi connectivity index (χ0v) is 14.6. The molecule has 0 bridgehead atoms. The molecule has 2 heterocycles. The van der Waals surface area contributed by atoms with E-state index in [0.29, 0.717) is 5.56 Å². The lowest BCUT2D eigenvalue weighted by Crippen LogP contribution is -2.23. The third kappa shape index (κ3) is 3.15. The minimum Gasteiger partial charge on any atom is -0.494 e. The van der Waals surface area contributed by atoms with Crippen molar-refractivity contribution in [2.45, 2.75) is 6.54 Å². The molecule has 0 atom stereocenters. The molecule has 0 spiro atoms. The van der Waals surface area contributed by atoms with Gasteiger partial charge in [-0.2, -0.15) is 5.10 Å². The smallest absolute Gasteiger partial charge is 0.333 e. The van der Waals surface area contributed by atoms with Crippen LogP contribution in [0.15, 0.2) is 72.0 Å². The summed E-state index contributed by atoms with van der Waals surface area (Å²) in [7, 11) is 1.41. The van der Waals surface area contributed by atoms with Gasteiger partial charge in [0, 0.05) is 29.7 Å². The number of aromatic amines is 1. The van der Waals surface area contributed by atoms with E-state index in [2.05, 4.69) is 10.2 Å². The molecule has 136 valence electrons. The minimum absolute atomic E-state index is 0.127. The Bertz CT molecular complexity index is 1110. The van der Waals surface area contributed by atoms with Gasteiger partial charge in [0.25, 0.3) is 0 Å². The second kappa shape index (κ2) is 6.95. The number of imidazole rings is 1. The maximum Gasteiger partial charge on any atom is 0.333 e. The summed E-state index contributed by atoms with van der Waals surface area (Å²) in [4.78, 5) is 12.7. The van der Waals surface area contributed by atoms with Crippen molar-refractivity contribution in [3.63, 3.8) is 0 Å². The SMILES string of the molecule is COc1cccc(Cn2ccn(-c3ccc(-c4cn[nH]c4)cc3)c2=O)c1F. The van der Waals surface area contributed by atoms with Crippen LogP contribution in [0.25, 0.3) is 16.8 Å². The molecule has 0 aliphatic heterocycles. The van der Waals surface area contributed by atoms with Gasteiger partial charge in [-0.25, -0.2) is 9.18 Å². The van der Waals surface area contributed by atoms with Crippen LogP contribution < -0.4 is 10.4 Å². The van der Waals surface area contributed by atoms with Crippen LogP contribution in [0.4, 0.5) is 4.39 Å². The summed E-state index contributed by atoms with van der Waals surface area (Å²) in [6.45, 7) is 0.127. The quantitative estimate of drug-likeness (QED) is 0.591. The summed E-state index contributed by atoms with van der Waals surface area (Å²) in [5.74, 6) is -0.293. The summed E-state index contributed by atoms with van der Waals surface area (Å²) in [5, 5.41) is 6.71. The Morgan fingerprint density at radius 3 is 2.63 bits per heavy atom. The Labute approximate surface area is 154 Å². The van der Waals surface area contributed by atoms with Crippen LogP contribution in [0.1, 0.15) is 5.56 Å². The largest absolute Gasteiger partial charge is 0.494 e. The van der Waals surface area contributed by atoms with Gasteiger partial charge in [-0.1, -0.05) is 24.3 Å². The summed E-state index contributed by atoms with van der Waals surface area (Å²) in [6, 6.07) is 12.5. The van der Waals surface area contributed by atoms with E-state index in [1.165, 1.54) is 16.2 Å². The van der Waals surface area contributed by atoms with Crippen molar-refractivity contribution in [2.24, 2.45) is 0 Å². The third-order valence-corrected chi connectivity index (χ3v) is 4.43. The van der Waals surface area contributed by atoms with Gasteiger partial charge in [0.1, 0.15) is 0 Å². The third-order valence-electron chi connectivity index (χ3n) is 4.43. The fourth-order valence-electron chi connectivity index (χ4n) is 2.97. The maximum atomic E-state index is 14.3. The topological polar surface area (TPSA) is 64.8 Å². The molecule has 7 heteroatoms. The lowest BCUT2D eigenvalue weighted by atomic mass is 10.1. The van der Waals surface area contributed by atoms with Crippen molar-refractivity contribution < 1.29 is 9.13 Å². The number of benzene rings is 2. The van der Waals surface area contributed by atoms with Crippen molar-refractivity contribution in [1.29, 1.82) is 0 Å². The fourth-order valence-corrected chi connectivity index (χ4v) is 2.97. The Hall–Kier alpha value is -3.61. The monoisotopic (exact) mass is 364 g/mol. The molecule has 4 aromatic rings. The van der Waals surface area contributed by atoms with Gasteiger partial charge in [-0.05, 0) is 23.8 Å². The highest BCUT2D eigenvalue weighted by atomic mass is 19.1. The van der Waals surface area contributed by atoms with Crippen LogP contribution in [0.5, 0.6) is 5.75 Å². The number of methoxy groups -OCH3 is 1. The van der Waals surface area contributed by atoms with Crippen molar-refractivity contribution in [3.05, 3.63) is 89.1 Å².